The van der Waals surface area contributed by atoms with Crippen molar-refractivity contribution in [3.05, 3.63) is 124 Å². The van der Waals surface area contributed by atoms with Crippen LogP contribution in [0.1, 0.15) is 81.4 Å². The zero-order chi connectivity index (χ0) is 75.8. The fourth-order valence-corrected chi connectivity index (χ4v) is 13.6. The number of carboxylic acid groups (broad SMARTS) is 1. The van der Waals surface area contributed by atoms with Gasteiger partial charge >= 0.3 is 65.1 Å². The normalized spacial score (nSPS) is 18.2. The minimum absolute atomic E-state index is 0. The molecule has 0 radical (unpaired) electrons. The van der Waals surface area contributed by atoms with E-state index in [1.165, 1.54) is 48.5 Å². The minimum atomic E-state index is -4.93. The van der Waals surface area contributed by atoms with Crippen LogP contribution in [0, 0.1) is 0 Å². The standard InChI is InChI=1S/C73H107NO28S3.2Na/c1-72(23-28-91-39-44-99-50-47-94-34-31-86-3)65(64(63-17-15-61(55-66(63)72)104(80,81)82)21-26-89-37-42-97-53-54-98-43-38-90-27-22-70(75)76)18-9-57-7-6-8-58(71(57)102-59-11-13-60(14-12-59)103(77,78)79)10-20-69-73(2,24-29-92-40-45-100-51-48-95-35-32-87-4)67-56-62(105(83,84)85)16-19-68(67)74(69)25-30-93-41-46-101-52-49-96-36-33-88-5;;/h9-20,55-56,64H,6-8,21-54H2,1-5H3,(H3-,75,76,77,78,79,80,81,82,83,84,85);;/q;2*+1/p-1/b20-10+,57-9+,65-18-;;. The molecule has 2 aliphatic carbocycles. The molecular weight excluding hydrogens is 1480 g/mol. The predicted molar refractivity (Wildman–Crippen MR) is 381 cm³/mol. The molecule has 3 aromatic carbocycles. The summed E-state index contributed by atoms with van der Waals surface area (Å²) in [6, 6.07) is 14.1. The smallest absolute Gasteiger partial charge is 0.744 e. The summed E-state index contributed by atoms with van der Waals surface area (Å²) in [5.41, 5.74) is 3.71. The Balaban J connectivity index is 0.0000121. The van der Waals surface area contributed by atoms with E-state index in [1.54, 1.807) is 33.5 Å². The molecule has 6 rings (SSSR count). The Morgan fingerprint density at radius 3 is 1.38 bits per heavy atom. The Morgan fingerprint density at radius 2 is 0.916 bits per heavy atom. The van der Waals surface area contributed by atoms with Crippen molar-refractivity contribution < 1.29 is 193 Å². The monoisotopic (exact) mass is 1590 g/mol. The van der Waals surface area contributed by atoms with E-state index in [0.29, 0.717) is 152 Å². The molecule has 0 bridgehead atoms. The molecule has 0 amide bonds. The first-order valence-electron chi connectivity index (χ1n) is 35.2. The maximum absolute atomic E-state index is 12.9. The maximum Gasteiger partial charge on any atom is 1.00 e. The molecule has 3 unspecified atom stereocenters. The Hall–Kier alpha value is -3.35. The number of methoxy groups -OCH3 is 3. The first-order valence-corrected chi connectivity index (χ1v) is 39.5. The van der Waals surface area contributed by atoms with E-state index in [-0.39, 0.29) is 195 Å². The molecule has 107 heavy (non-hydrogen) atoms. The average molecular weight is 1590 g/mol. The van der Waals surface area contributed by atoms with E-state index in [0.717, 1.165) is 16.8 Å². The number of fused-ring (bicyclic) bond motifs is 2. The predicted octanol–water partition coefficient (Wildman–Crippen LogP) is 0.887. The molecule has 29 nitrogen and oxygen atoms in total. The number of rotatable bonds is 59. The number of hydrogen-bond acceptors (Lipinski definition) is 26. The van der Waals surface area contributed by atoms with Crippen LogP contribution in [0.15, 0.2) is 122 Å². The van der Waals surface area contributed by atoms with Gasteiger partial charge in [0.25, 0.3) is 10.1 Å². The molecule has 0 saturated heterocycles. The molecule has 0 spiro atoms. The fourth-order valence-electron chi connectivity index (χ4n) is 12.2. The van der Waals surface area contributed by atoms with Crippen LogP contribution in [0.4, 0.5) is 5.69 Å². The van der Waals surface area contributed by atoms with Gasteiger partial charge in [0, 0.05) is 70.2 Å². The molecule has 1 aliphatic heterocycles. The number of ether oxygens (including phenoxy) is 17. The minimum Gasteiger partial charge on any atom is -0.744 e. The Labute approximate surface area is 675 Å². The zero-order valence-corrected chi connectivity index (χ0v) is 69.5. The largest absolute Gasteiger partial charge is 1.00 e. The third kappa shape index (κ3) is 33.3. The Morgan fingerprint density at radius 1 is 0.495 bits per heavy atom. The van der Waals surface area contributed by atoms with Gasteiger partial charge in [-0.2, -0.15) is 13.0 Å². The number of carboxylic acids is 1. The Bertz CT molecular complexity index is 3630. The van der Waals surface area contributed by atoms with Gasteiger partial charge in [0.05, 0.1) is 192 Å². The van der Waals surface area contributed by atoms with E-state index in [4.69, 9.17) is 85.6 Å². The van der Waals surface area contributed by atoms with E-state index in [2.05, 4.69) is 0 Å². The van der Waals surface area contributed by atoms with Crippen molar-refractivity contribution in [1.29, 1.82) is 0 Å². The van der Waals surface area contributed by atoms with Crippen molar-refractivity contribution >= 4 is 47.7 Å². The van der Waals surface area contributed by atoms with Gasteiger partial charge in [-0.15, -0.1) is 0 Å². The number of nitrogens with zero attached hydrogens (tertiary/aromatic N) is 1. The second-order valence-corrected chi connectivity index (χ2v) is 29.0. The third-order valence-corrected chi connectivity index (χ3v) is 20.2. The van der Waals surface area contributed by atoms with Crippen molar-refractivity contribution in [1.82, 2.24) is 0 Å². The van der Waals surface area contributed by atoms with Crippen LogP contribution in [-0.2, 0) is 122 Å². The van der Waals surface area contributed by atoms with Crippen molar-refractivity contribution in [3.63, 3.8) is 0 Å². The number of hydrogen-bond donors (Lipinski definition) is 2. The summed E-state index contributed by atoms with van der Waals surface area (Å²) < 4.78 is 211. The van der Waals surface area contributed by atoms with Crippen LogP contribution in [0.5, 0.6) is 5.75 Å². The molecule has 2 N–H and O–H groups in total. The molecular formula is C73H106NNa2O28S3+. The van der Waals surface area contributed by atoms with Gasteiger partial charge in [-0.1, -0.05) is 30.7 Å². The summed E-state index contributed by atoms with van der Waals surface area (Å²) in [4.78, 5) is 9.61. The van der Waals surface area contributed by atoms with Crippen molar-refractivity contribution in [2.75, 3.05) is 219 Å². The van der Waals surface area contributed by atoms with Crippen LogP contribution < -0.4 is 63.9 Å². The second-order valence-electron chi connectivity index (χ2n) is 24.9. The van der Waals surface area contributed by atoms with E-state index in [9.17, 15) is 43.7 Å². The van der Waals surface area contributed by atoms with Gasteiger partial charge in [-0.25, -0.2) is 16.8 Å². The second kappa shape index (κ2) is 52.1. The van der Waals surface area contributed by atoms with Crippen molar-refractivity contribution in [3.8, 4) is 5.75 Å². The van der Waals surface area contributed by atoms with Gasteiger partial charge in [0.15, 0.2) is 12.3 Å². The van der Waals surface area contributed by atoms with Crippen LogP contribution in [0.2, 0.25) is 0 Å². The molecule has 34 heteroatoms. The van der Waals surface area contributed by atoms with Crippen LogP contribution in [-0.4, -0.2) is 280 Å². The summed E-state index contributed by atoms with van der Waals surface area (Å²) in [5.74, 6) is -0.727. The molecule has 0 aromatic heterocycles. The molecule has 590 valence electrons. The zero-order valence-electron chi connectivity index (χ0n) is 63.0. The first kappa shape index (κ1) is 96.0. The van der Waals surface area contributed by atoms with Gasteiger partial charge in [0.1, 0.15) is 38.4 Å². The fraction of sp³-hybridized carbons (Fsp3) is 0.616. The molecule has 0 fully saturated rings. The molecule has 1 heterocycles. The van der Waals surface area contributed by atoms with Crippen LogP contribution >= 0.6 is 0 Å². The molecule has 3 atom stereocenters. The number of benzene rings is 3. The summed E-state index contributed by atoms with van der Waals surface area (Å²) in [5, 5.41) is 8.82. The average Bonchev–Trinajstić information content (AvgIpc) is 1.59. The number of allylic oxidation sites excluding steroid dienone is 7. The third-order valence-electron chi connectivity index (χ3n) is 17.6. The maximum atomic E-state index is 12.9. The van der Waals surface area contributed by atoms with Gasteiger partial charge in [-0.05, 0) is 122 Å². The van der Waals surface area contributed by atoms with Gasteiger partial charge in [-0.3, -0.25) is 9.35 Å². The first-order chi connectivity index (χ1) is 50.6. The van der Waals surface area contributed by atoms with Gasteiger partial charge < -0.3 is 94.7 Å². The Kier molecular flexibility index (Phi) is 46.8. The van der Waals surface area contributed by atoms with E-state index < -0.39 is 62.9 Å². The number of carbonyl (C=O) groups is 1. The van der Waals surface area contributed by atoms with E-state index in [1.807, 2.05) is 42.7 Å². The number of aliphatic carboxylic acids is 1. The summed E-state index contributed by atoms with van der Waals surface area (Å²) in [7, 11) is -9.68. The SMILES string of the molecule is COCCOCCOCCOCC[N+]1=C(/C=C/C2=C(Oc3ccc(S(=O)(=O)[O-])cc3)C(=C/C=C3/C(CCOCCOCCOCCOCCC(=O)O)c4ccc(S(=O)(=O)[O-])cc4C3(C)CCOCCOCCOCCOC)/CCC2)C(C)(CCOCCOCCOCCOC)c2cc(S(=O)(=O)O)ccc21.[Na+].[Na+]. The molecule has 0 saturated carbocycles. The topological polar surface area (TPSA) is 366 Å². The van der Waals surface area contributed by atoms with Crippen LogP contribution in [0.3, 0.4) is 0 Å². The van der Waals surface area contributed by atoms with Crippen molar-refractivity contribution in [2.45, 2.75) is 90.2 Å². The quantitative estimate of drug-likeness (QED) is 0.0343. The van der Waals surface area contributed by atoms with Crippen LogP contribution in [0.25, 0.3) is 0 Å². The summed E-state index contributed by atoms with van der Waals surface area (Å²) in [6.07, 6.45) is 10.4. The summed E-state index contributed by atoms with van der Waals surface area (Å²) >= 11 is 0. The van der Waals surface area contributed by atoms with E-state index >= 15 is 0 Å². The molecule has 3 aliphatic rings. The van der Waals surface area contributed by atoms with Crippen molar-refractivity contribution in [2.24, 2.45) is 0 Å². The summed E-state index contributed by atoms with van der Waals surface area (Å²) in [6.45, 7) is 13.1. The molecule has 3 aromatic rings. The van der Waals surface area contributed by atoms with Gasteiger partial charge in [0.2, 0.25) is 5.69 Å².